The van der Waals surface area contributed by atoms with Crippen molar-refractivity contribution in [3.05, 3.63) is 71.8 Å². The number of ether oxygens (including phenoxy) is 1. The van der Waals surface area contributed by atoms with Crippen LogP contribution in [0.1, 0.15) is 31.1 Å². The first-order valence-corrected chi connectivity index (χ1v) is 7.69. The van der Waals surface area contributed by atoms with Crippen LogP contribution in [0.4, 0.5) is 0 Å². The molecule has 2 aromatic carbocycles. The predicted octanol–water partition coefficient (Wildman–Crippen LogP) is 4.32. The highest BCUT2D eigenvalue weighted by Gasteiger charge is 2.07. The summed E-state index contributed by atoms with van der Waals surface area (Å²) in [6.07, 6.45) is 1.64. The van der Waals surface area contributed by atoms with Gasteiger partial charge in [0.1, 0.15) is 11.9 Å². The molecule has 2 aromatic rings. The molecule has 2 rings (SSSR count). The summed E-state index contributed by atoms with van der Waals surface area (Å²) in [6.45, 7) is 3.97. The van der Waals surface area contributed by atoms with Gasteiger partial charge in [-0.25, -0.2) is 0 Å². The molecule has 1 unspecified atom stereocenters. The summed E-state index contributed by atoms with van der Waals surface area (Å²) < 4.78 is 5.96. The maximum absolute atomic E-state index is 11.7. The lowest BCUT2D eigenvalue weighted by atomic mass is 10.1. The van der Waals surface area contributed by atoms with E-state index < -0.39 is 0 Å². The molecule has 1 atom stereocenters. The van der Waals surface area contributed by atoms with Crippen LogP contribution in [-0.4, -0.2) is 24.9 Å². The monoisotopic (exact) mass is 309 g/mol. The second-order valence-corrected chi connectivity index (χ2v) is 5.76. The molecule has 0 radical (unpaired) electrons. The smallest absolute Gasteiger partial charge is 0.246 e. The number of rotatable bonds is 5. The number of hydrogen-bond donors (Lipinski definition) is 0. The van der Waals surface area contributed by atoms with Crippen LogP contribution in [0.5, 0.6) is 5.75 Å². The van der Waals surface area contributed by atoms with Gasteiger partial charge in [0.05, 0.1) is 0 Å². The highest BCUT2D eigenvalue weighted by atomic mass is 16.5. The summed E-state index contributed by atoms with van der Waals surface area (Å²) >= 11 is 0. The van der Waals surface area contributed by atoms with Crippen molar-refractivity contribution in [2.75, 3.05) is 14.1 Å². The van der Waals surface area contributed by atoms with E-state index in [1.807, 2.05) is 56.3 Å². The Bertz CT molecular complexity index is 673. The van der Waals surface area contributed by atoms with E-state index in [1.165, 1.54) is 0 Å². The van der Waals surface area contributed by atoms with E-state index in [0.29, 0.717) is 0 Å². The molecule has 0 saturated carbocycles. The second-order valence-electron chi connectivity index (χ2n) is 5.76. The Kier molecular flexibility index (Phi) is 5.58. The average molecular weight is 309 g/mol. The molecule has 0 aliphatic rings. The number of likely N-dealkylation sites (N-methyl/N-ethyl adjacent to an activating group) is 1. The molecule has 0 aliphatic heterocycles. The van der Waals surface area contributed by atoms with Crippen LogP contribution >= 0.6 is 0 Å². The van der Waals surface area contributed by atoms with E-state index in [-0.39, 0.29) is 12.0 Å². The van der Waals surface area contributed by atoms with Gasteiger partial charge in [0, 0.05) is 20.2 Å². The highest BCUT2D eigenvalue weighted by molar-refractivity contribution is 5.94. The van der Waals surface area contributed by atoms with Crippen LogP contribution in [0.3, 0.4) is 0 Å². The van der Waals surface area contributed by atoms with Crippen LogP contribution in [-0.2, 0) is 4.79 Å². The van der Waals surface area contributed by atoms with Crippen LogP contribution < -0.4 is 4.74 Å². The van der Waals surface area contributed by atoms with Crippen molar-refractivity contribution >= 4 is 11.5 Å². The molecular weight excluding hydrogens is 286 g/mol. The topological polar surface area (TPSA) is 29.5 Å². The zero-order valence-corrected chi connectivity index (χ0v) is 14.1. The number of hydrogen-bond acceptors (Lipinski definition) is 2. The van der Waals surface area contributed by atoms with Crippen molar-refractivity contribution in [2.45, 2.75) is 20.0 Å². The summed E-state index contributed by atoms with van der Waals surface area (Å²) in [5, 5.41) is 0. The van der Waals surface area contributed by atoms with Gasteiger partial charge in [-0.1, -0.05) is 42.5 Å². The number of carbonyl (C=O) groups is 1. The third-order valence-corrected chi connectivity index (χ3v) is 3.67. The molecule has 3 nitrogen and oxygen atoms in total. The lowest BCUT2D eigenvalue weighted by Gasteiger charge is -2.15. The van der Waals surface area contributed by atoms with Gasteiger partial charge in [0.25, 0.3) is 0 Å². The summed E-state index contributed by atoms with van der Waals surface area (Å²) in [4.78, 5) is 13.3. The fraction of sp³-hybridized carbons (Fsp3) is 0.250. The van der Waals surface area contributed by atoms with E-state index in [2.05, 4.69) is 12.1 Å². The minimum Gasteiger partial charge on any atom is -0.486 e. The fourth-order valence-corrected chi connectivity index (χ4v) is 2.19. The summed E-state index contributed by atoms with van der Waals surface area (Å²) in [5.41, 5.74) is 3.09. The van der Waals surface area contributed by atoms with Gasteiger partial charge < -0.3 is 9.64 Å². The van der Waals surface area contributed by atoms with Crippen LogP contribution in [0.25, 0.3) is 5.57 Å². The van der Waals surface area contributed by atoms with Crippen LogP contribution in [0, 0.1) is 0 Å². The Morgan fingerprint density at radius 3 is 2.22 bits per heavy atom. The summed E-state index contributed by atoms with van der Waals surface area (Å²) in [5.74, 6) is 0.803. The Morgan fingerprint density at radius 2 is 1.65 bits per heavy atom. The van der Waals surface area contributed by atoms with Crippen molar-refractivity contribution < 1.29 is 9.53 Å². The molecule has 0 heterocycles. The Balaban J connectivity index is 2.06. The van der Waals surface area contributed by atoms with Crippen molar-refractivity contribution in [3.63, 3.8) is 0 Å². The molecule has 0 saturated heterocycles. The van der Waals surface area contributed by atoms with Crippen LogP contribution in [0.15, 0.2) is 60.7 Å². The quantitative estimate of drug-likeness (QED) is 0.770. The van der Waals surface area contributed by atoms with Crippen molar-refractivity contribution in [1.82, 2.24) is 4.90 Å². The van der Waals surface area contributed by atoms with E-state index in [9.17, 15) is 4.79 Å². The van der Waals surface area contributed by atoms with Gasteiger partial charge in [-0.15, -0.1) is 0 Å². The van der Waals surface area contributed by atoms with Gasteiger partial charge >= 0.3 is 0 Å². The minimum absolute atomic E-state index is 0.00555. The zero-order valence-electron chi connectivity index (χ0n) is 14.1. The molecule has 0 fully saturated rings. The maximum atomic E-state index is 11.7. The molecule has 0 N–H and O–H groups in total. The molecule has 0 aliphatic carbocycles. The zero-order chi connectivity index (χ0) is 16.8. The van der Waals surface area contributed by atoms with Crippen molar-refractivity contribution in [3.8, 4) is 5.75 Å². The van der Waals surface area contributed by atoms with Gasteiger partial charge in [0.2, 0.25) is 5.91 Å². The molecule has 1 amide bonds. The number of nitrogens with zero attached hydrogens (tertiary/aromatic N) is 1. The predicted molar refractivity (Wildman–Crippen MR) is 94.3 cm³/mol. The lowest BCUT2D eigenvalue weighted by Crippen LogP contribution is -2.19. The van der Waals surface area contributed by atoms with Gasteiger partial charge in [0.15, 0.2) is 0 Å². The Hall–Kier alpha value is -2.55. The Morgan fingerprint density at radius 1 is 1.04 bits per heavy atom. The van der Waals surface area contributed by atoms with E-state index in [0.717, 1.165) is 22.4 Å². The van der Waals surface area contributed by atoms with E-state index in [4.69, 9.17) is 4.74 Å². The third kappa shape index (κ3) is 4.71. The summed E-state index contributed by atoms with van der Waals surface area (Å²) in [6, 6.07) is 17.9. The first-order chi connectivity index (χ1) is 11.0. The van der Waals surface area contributed by atoms with Gasteiger partial charge in [-0.05, 0) is 42.7 Å². The Labute approximate surface area is 138 Å². The number of benzene rings is 2. The standard InChI is InChI=1S/C20H23NO2/c1-15(14-20(22)21(3)4)17-10-12-19(13-11-17)23-16(2)18-8-6-5-7-9-18/h5-14,16H,1-4H3/b15-14+. The lowest BCUT2D eigenvalue weighted by molar-refractivity contribution is -0.123. The molecule has 0 bridgehead atoms. The molecule has 120 valence electrons. The fourth-order valence-electron chi connectivity index (χ4n) is 2.19. The normalized spacial score (nSPS) is 12.6. The molecular formula is C20H23NO2. The molecule has 0 aromatic heterocycles. The van der Waals surface area contributed by atoms with E-state index in [1.54, 1.807) is 25.1 Å². The highest BCUT2D eigenvalue weighted by Crippen LogP contribution is 2.23. The maximum Gasteiger partial charge on any atom is 0.246 e. The van der Waals surface area contributed by atoms with Gasteiger partial charge in [-0.3, -0.25) is 4.79 Å². The average Bonchev–Trinajstić information content (AvgIpc) is 2.56. The van der Waals surface area contributed by atoms with Crippen molar-refractivity contribution in [1.29, 1.82) is 0 Å². The van der Waals surface area contributed by atoms with E-state index >= 15 is 0 Å². The number of amides is 1. The molecule has 3 heteroatoms. The first kappa shape index (κ1) is 16.8. The second kappa shape index (κ2) is 7.63. The third-order valence-electron chi connectivity index (χ3n) is 3.67. The largest absolute Gasteiger partial charge is 0.486 e. The number of carbonyl (C=O) groups excluding carboxylic acids is 1. The number of allylic oxidation sites excluding steroid dienone is 1. The van der Waals surface area contributed by atoms with Crippen molar-refractivity contribution in [2.24, 2.45) is 0 Å². The van der Waals surface area contributed by atoms with Gasteiger partial charge in [-0.2, -0.15) is 0 Å². The first-order valence-electron chi connectivity index (χ1n) is 7.69. The minimum atomic E-state index is -0.0134. The molecule has 23 heavy (non-hydrogen) atoms. The summed E-state index contributed by atoms with van der Waals surface area (Å²) in [7, 11) is 3.49. The van der Waals surface area contributed by atoms with Crippen LogP contribution in [0.2, 0.25) is 0 Å². The SMILES string of the molecule is C/C(=C\C(=O)N(C)C)c1ccc(OC(C)c2ccccc2)cc1. The molecule has 0 spiro atoms.